The van der Waals surface area contributed by atoms with Crippen LogP contribution in [0.15, 0.2) is 5.16 Å². The van der Waals surface area contributed by atoms with Crippen molar-refractivity contribution in [2.24, 2.45) is 33.7 Å². The summed E-state index contributed by atoms with van der Waals surface area (Å²) >= 11 is 0. The van der Waals surface area contributed by atoms with Crippen molar-refractivity contribution in [1.82, 2.24) is 10.6 Å². The van der Waals surface area contributed by atoms with Crippen LogP contribution in [0.1, 0.15) is 71.6 Å². The number of nitrogens with zero attached hydrogens (tertiary/aromatic N) is 1. The Morgan fingerprint density at radius 2 is 1.93 bits per heavy atom. The molecule has 5 heteroatoms. The van der Waals surface area contributed by atoms with Gasteiger partial charge in [0.1, 0.15) is 11.9 Å². The molecule has 28 heavy (non-hydrogen) atoms. The third-order valence-electron chi connectivity index (χ3n) is 9.40. The van der Waals surface area contributed by atoms with Gasteiger partial charge in [-0.1, -0.05) is 19.0 Å². The molecule has 7 atom stereocenters. The van der Waals surface area contributed by atoms with Crippen LogP contribution in [0.5, 0.6) is 0 Å². The van der Waals surface area contributed by atoms with Crippen LogP contribution in [-0.4, -0.2) is 43.3 Å². The van der Waals surface area contributed by atoms with Crippen molar-refractivity contribution in [3.05, 3.63) is 0 Å². The fourth-order valence-corrected chi connectivity index (χ4v) is 7.56. The lowest BCUT2D eigenvalue weighted by molar-refractivity contribution is -0.131. The number of carbonyl (C=O) groups excluding carboxylic acids is 1. The molecular formula is C23H37N3O2. The Balaban J connectivity index is 1.33. The fraction of sp³-hybridized carbons (Fsp3) is 0.913. The highest BCUT2D eigenvalue weighted by molar-refractivity contribution is 5.87. The van der Waals surface area contributed by atoms with Crippen LogP contribution in [0.25, 0.3) is 0 Å². The van der Waals surface area contributed by atoms with Gasteiger partial charge >= 0.3 is 0 Å². The Hall–Kier alpha value is -0.940. The number of fused-ring (bicyclic) bond motifs is 5. The second-order valence-corrected chi connectivity index (χ2v) is 10.7. The molecule has 3 saturated carbocycles. The number of Topliss-reactive ketones (excluding diaryl/α,β-unsaturated/α-hetero) is 1. The van der Waals surface area contributed by atoms with E-state index in [1.165, 1.54) is 25.0 Å². The van der Waals surface area contributed by atoms with Gasteiger partial charge < -0.3 is 15.5 Å². The van der Waals surface area contributed by atoms with Gasteiger partial charge in [-0.25, -0.2) is 0 Å². The molecule has 5 rings (SSSR count). The fourth-order valence-electron chi connectivity index (χ4n) is 7.56. The molecule has 0 radical (unpaired) electrons. The number of oxime groups is 1. The summed E-state index contributed by atoms with van der Waals surface area (Å²) in [6.07, 6.45) is 10.2. The largest absolute Gasteiger partial charge is 0.391 e. The molecule has 1 unspecified atom stereocenters. The van der Waals surface area contributed by atoms with E-state index in [0.29, 0.717) is 29.1 Å². The molecular weight excluding hydrogens is 350 g/mol. The molecule has 3 aliphatic carbocycles. The molecule has 5 fully saturated rings. The monoisotopic (exact) mass is 387 g/mol. The van der Waals surface area contributed by atoms with Crippen LogP contribution in [0.2, 0.25) is 0 Å². The topological polar surface area (TPSA) is 62.7 Å². The number of ketones is 1. The quantitative estimate of drug-likeness (QED) is 0.714. The first-order chi connectivity index (χ1) is 13.5. The summed E-state index contributed by atoms with van der Waals surface area (Å²) in [7, 11) is 0. The summed E-state index contributed by atoms with van der Waals surface area (Å²) in [6, 6.07) is 0.502. The Bertz CT molecular complexity index is 658. The van der Waals surface area contributed by atoms with Crippen molar-refractivity contribution in [1.29, 1.82) is 0 Å². The minimum Gasteiger partial charge on any atom is -0.391 e. The van der Waals surface area contributed by atoms with Crippen molar-refractivity contribution in [3.8, 4) is 0 Å². The maximum Gasteiger partial charge on any atom is 0.141 e. The Labute approximate surface area is 169 Å². The van der Waals surface area contributed by atoms with Gasteiger partial charge in [0.05, 0.1) is 5.71 Å². The molecule has 156 valence electrons. The number of rotatable bonds is 2. The van der Waals surface area contributed by atoms with Crippen LogP contribution in [-0.2, 0) is 9.63 Å². The van der Waals surface area contributed by atoms with E-state index in [9.17, 15) is 4.79 Å². The molecule has 5 nitrogen and oxygen atoms in total. The second kappa shape index (κ2) is 7.09. The van der Waals surface area contributed by atoms with E-state index in [2.05, 4.69) is 29.6 Å². The molecule has 0 aromatic carbocycles. The summed E-state index contributed by atoms with van der Waals surface area (Å²) in [5.74, 6) is 2.63. The maximum atomic E-state index is 12.6. The zero-order chi connectivity index (χ0) is 19.4. The van der Waals surface area contributed by atoms with Gasteiger partial charge in [-0.2, -0.15) is 0 Å². The van der Waals surface area contributed by atoms with Gasteiger partial charge in [-0.3, -0.25) is 4.79 Å². The molecule has 0 amide bonds. The predicted molar refractivity (Wildman–Crippen MR) is 110 cm³/mol. The number of carbonyl (C=O) groups is 1. The highest BCUT2D eigenvalue weighted by Crippen LogP contribution is 2.61. The van der Waals surface area contributed by atoms with Gasteiger partial charge in [-0.05, 0) is 74.8 Å². The maximum absolute atomic E-state index is 12.6. The second-order valence-electron chi connectivity index (χ2n) is 10.7. The first-order valence-corrected chi connectivity index (χ1v) is 11.7. The van der Waals surface area contributed by atoms with Gasteiger partial charge in [0.2, 0.25) is 0 Å². The summed E-state index contributed by atoms with van der Waals surface area (Å²) < 4.78 is 0. The first-order valence-electron chi connectivity index (χ1n) is 11.7. The number of nitrogens with one attached hydrogen (secondary N) is 2. The van der Waals surface area contributed by atoms with Crippen molar-refractivity contribution in [3.63, 3.8) is 0 Å². The molecule has 0 aromatic heterocycles. The standard InChI is InChI=1S/C23H37N3O2/c1-22-9-5-15(26-28-16-7-11-24-14-16)13-20(22)25-12-8-17-18-3-4-21(27)23(18,2)10-6-19(17)22/h16-20,24-25H,3-14H2,1-2H3/b26-15+/t16-,17+,18+,19+,20?,22-,23+/m1/s1. The summed E-state index contributed by atoms with van der Waals surface area (Å²) in [6.45, 7) is 7.87. The molecule has 0 bridgehead atoms. The number of hydrogen-bond acceptors (Lipinski definition) is 5. The average molecular weight is 388 g/mol. The molecule has 5 aliphatic rings. The summed E-state index contributed by atoms with van der Waals surface area (Å²) in [5.41, 5.74) is 1.54. The third-order valence-corrected chi connectivity index (χ3v) is 9.40. The summed E-state index contributed by atoms with van der Waals surface area (Å²) in [4.78, 5) is 18.5. The predicted octanol–water partition coefficient (Wildman–Crippen LogP) is 3.28. The normalized spacial score (nSPS) is 50.0. The van der Waals surface area contributed by atoms with E-state index in [1.807, 2.05) is 0 Å². The Morgan fingerprint density at radius 3 is 2.75 bits per heavy atom. The number of hydrogen-bond donors (Lipinski definition) is 2. The molecule has 0 aromatic rings. The van der Waals surface area contributed by atoms with Crippen molar-refractivity contribution in [2.75, 3.05) is 19.6 Å². The highest BCUT2D eigenvalue weighted by atomic mass is 16.6. The van der Waals surface area contributed by atoms with E-state index >= 15 is 0 Å². The van der Waals surface area contributed by atoms with Gasteiger partial charge in [0, 0.05) is 37.3 Å². The smallest absolute Gasteiger partial charge is 0.141 e. The zero-order valence-corrected chi connectivity index (χ0v) is 17.6. The lowest BCUT2D eigenvalue weighted by atomic mass is 9.51. The molecule has 2 heterocycles. The molecule has 2 saturated heterocycles. The van der Waals surface area contributed by atoms with E-state index < -0.39 is 0 Å². The van der Waals surface area contributed by atoms with Crippen LogP contribution < -0.4 is 10.6 Å². The van der Waals surface area contributed by atoms with Crippen molar-refractivity contribution >= 4 is 11.5 Å². The van der Waals surface area contributed by atoms with Crippen LogP contribution in [0.3, 0.4) is 0 Å². The van der Waals surface area contributed by atoms with Crippen molar-refractivity contribution in [2.45, 2.75) is 83.8 Å². The summed E-state index contributed by atoms with van der Waals surface area (Å²) in [5, 5.41) is 11.8. The lowest BCUT2D eigenvalue weighted by Crippen LogP contribution is -2.54. The van der Waals surface area contributed by atoms with E-state index in [-0.39, 0.29) is 11.5 Å². The van der Waals surface area contributed by atoms with E-state index in [4.69, 9.17) is 4.84 Å². The van der Waals surface area contributed by atoms with Gasteiger partial charge in [-0.15, -0.1) is 0 Å². The van der Waals surface area contributed by atoms with E-state index in [1.54, 1.807) is 0 Å². The lowest BCUT2D eigenvalue weighted by Gasteiger charge is -2.54. The van der Waals surface area contributed by atoms with Crippen molar-refractivity contribution < 1.29 is 9.63 Å². The SMILES string of the molecule is C[C@]12CC/C(=N\O[C@@H]3CCNC3)CC1NCC[C@@H]1[C@@H]2CC[C@]2(C)C(=O)CC[C@@H]12. The molecule has 0 spiro atoms. The van der Waals surface area contributed by atoms with Crippen LogP contribution in [0, 0.1) is 28.6 Å². The third kappa shape index (κ3) is 2.96. The minimum atomic E-state index is -0.0260. The van der Waals surface area contributed by atoms with Gasteiger partial charge in [0.25, 0.3) is 0 Å². The minimum absolute atomic E-state index is 0.0260. The highest BCUT2D eigenvalue weighted by Gasteiger charge is 2.59. The average Bonchev–Trinajstić information content (AvgIpc) is 3.27. The van der Waals surface area contributed by atoms with Crippen LogP contribution in [0.4, 0.5) is 0 Å². The van der Waals surface area contributed by atoms with Gasteiger partial charge in [0.15, 0.2) is 0 Å². The molecule has 2 aliphatic heterocycles. The Morgan fingerprint density at radius 1 is 1.04 bits per heavy atom. The molecule has 2 N–H and O–H groups in total. The first kappa shape index (κ1) is 19.0. The van der Waals surface area contributed by atoms with E-state index in [0.717, 1.165) is 64.1 Å². The Kier molecular flexibility index (Phi) is 4.82. The van der Waals surface area contributed by atoms with Crippen LogP contribution >= 0.6 is 0 Å². The zero-order valence-electron chi connectivity index (χ0n) is 17.6.